The number of benzene rings is 1. The molecule has 0 fully saturated rings. The first-order valence-electron chi connectivity index (χ1n) is 9.44. The zero-order valence-corrected chi connectivity index (χ0v) is 16.5. The molecule has 0 aliphatic carbocycles. The van der Waals surface area contributed by atoms with Gasteiger partial charge in [-0.15, -0.1) is 5.53 Å². The van der Waals surface area contributed by atoms with Crippen molar-refractivity contribution in [3.63, 3.8) is 0 Å². The fraction of sp³-hybridized carbons (Fsp3) is 0.300. The number of urea groups is 1. The van der Waals surface area contributed by atoms with Gasteiger partial charge in [-0.05, 0) is 43.0 Å². The number of carbonyl (C=O) groups is 1. The number of nitrogens with one attached hydrogen (secondary N) is 4. The molecule has 3 rings (SSSR count). The van der Waals surface area contributed by atoms with Crippen LogP contribution in [0.2, 0.25) is 0 Å². The number of rotatable bonds is 6. The predicted molar refractivity (Wildman–Crippen MR) is 109 cm³/mol. The number of hydrogen-bond donors (Lipinski definition) is 4. The fourth-order valence-corrected chi connectivity index (χ4v) is 2.77. The second kappa shape index (κ2) is 9.04. The van der Waals surface area contributed by atoms with E-state index in [1.165, 1.54) is 24.4 Å². The summed E-state index contributed by atoms with van der Waals surface area (Å²) in [6.45, 7) is 4.32. The lowest BCUT2D eigenvalue weighted by atomic mass is 10.1. The summed E-state index contributed by atoms with van der Waals surface area (Å²) in [4.78, 5) is 16.4. The molecular weight excluding hydrogens is 397 g/mol. The van der Waals surface area contributed by atoms with Crippen LogP contribution in [0, 0.1) is 5.92 Å². The van der Waals surface area contributed by atoms with Crippen LogP contribution < -0.4 is 26.6 Å². The van der Waals surface area contributed by atoms with Gasteiger partial charge in [-0.25, -0.2) is 14.8 Å². The minimum Gasteiger partial charge on any atom is -0.307 e. The van der Waals surface area contributed by atoms with Crippen molar-refractivity contribution in [3.05, 3.63) is 60.1 Å². The summed E-state index contributed by atoms with van der Waals surface area (Å²) < 4.78 is 39.1. The third-order valence-electron chi connectivity index (χ3n) is 4.35. The number of allylic oxidation sites excluding steroid dienone is 1. The molecule has 0 saturated carbocycles. The van der Waals surface area contributed by atoms with Crippen molar-refractivity contribution in [2.24, 2.45) is 5.92 Å². The Hall–Kier alpha value is -3.27. The highest BCUT2D eigenvalue weighted by Crippen LogP contribution is 2.34. The van der Waals surface area contributed by atoms with Crippen LogP contribution in [0.3, 0.4) is 0 Å². The summed E-state index contributed by atoms with van der Waals surface area (Å²) in [5, 5.41) is 6.41. The summed E-state index contributed by atoms with van der Waals surface area (Å²) in [7, 11) is 0. The van der Waals surface area contributed by atoms with Crippen LogP contribution >= 0.6 is 0 Å². The Morgan fingerprint density at radius 2 is 1.93 bits per heavy atom. The number of aromatic nitrogens is 1. The molecule has 2 aromatic rings. The van der Waals surface area contributed by atoms with Gasteiger partial charge in [0, 0.05) is 11.9 Å². The Morgan fingerprint density at radius 1 is 1.17 bits per heavy atom. The number of hydrazine groups is 2. The lowest BCUT2D eigenvalue weighted by Crippen LogP contribution is -2.36. The zero-order chi connectivity index (χ0) is 21.7. The lowest BCUT2D eigenvalue weighted by molar-refractivity contribution is -0.136. The minimum absolute atomic E-state index is 0.321. The van der Waals surface area contributed by atoms with Gasteiger partial charge >= 0.3 is 12.2 Å². The van der Waals surface area contributed by atoms with Gasteiger partial charge in [0.05, 0.1) is 23.1 Å². The Kier molecular flexibility index (Phi) is 6.46. The monoisotopic (exact) mass is 420 g/mol. The Morgan fingerprint density at radius 3 is 2.60 bits per heavy atom. The first-order valence-corrected chi connectivity index (χ1v) is 9.44. The number of amides is 2. The van der Waals surface area contributed by atoms with Gasteiger partial charge in [0.1, 0.15) is 5.82 Å². The Labute approximate surface area is 172 Å². The van der Waals surface area contributed by atoms with E-state index in [2.05, 4.69) is 40.4 Å². The number of halogens is 3. The average molecular weight is 420 g/mol. The van der Waals surface area contributed by atoms with Gasteiger partial charge in [-0.3, -0.25) is 0 Å². The maximum absolute atomic E-state index is 13.0. The normalized spacial score (nSPS) is 13.8. The second-order valence-corrected chi connectivity index (χ2v) is 7.22. The number of pyridine rings is 1. The van der Waals surface area contributed by atoms with E-state index in [-0.39, 0.29) is 5.69 Å². The molecule has 1 aliphatic rings. The minimum atomic E-state index is -4.56. The Bertz CT molecular complexity index is 912. The molecule has 0 atom stereocenters. The summed E-state index contributed by atoms with van der Waals surface area (Å²) in [5.74, 6) is 1.19. The van der Waals surface area contributed by atoms with E-state index >= 15 is 0 Å². The SMILES string of the molecule is CC(C)CCC1=CN(c2ccc(NC(=O)Nc3ccccc3C(F)(F)F)cn2)NN1. The molecule has 1 aromatic carbocycles. The van der Waals surface area contributed by atoms with E-state index in [0.29, 0.717) is 17.4 Å². The molecule has 7 nitrogen and oxygen atoms in total. The molecule has 4 N–H and O–H groups in total. The maximum atomic E-state index is 13.0. The molecule has 0 saturated heterocycles. The maximum Gasteiger partial charge on any atom is 0.418 e. The third-order valence-corrected chi connectivity index (χ3v) is 4.35. The smallest absolute Gasteiger partial charge is 0.307 e. The molecular formula is C20H23F3N6O. The Balaban J connectivity index is 1.60. The average Bonchev–Trinajstić information content (AvgIpc) is 3.15. The summed E-state index contributed by atoms with van der Waals surface area (Å²) in [5.41, 5.74) is 6.20. The van der Waals surface area contributed by atoms with Crippen LogP contribution in [0.1, 0.15) is 32.3 Å². The number of para-hydroxylation sites is 1. The molecule has 2 heterocycles. The lowest BCUT2D eigenvalue weighted by Gasteiger charge is -2.15. The number of anilines is 3. The molecule has 0 bridgehead atoms. The molecule has 0 unspecified atom stereocenters. The van der Waals surface area contributed by atoms with Crippen molar-refractivity contribution in [3.8, 4) is 0 Å². The topological polar surface area (TPSA) is 81.3 Å². The third kappa shape index (κ3) is 5.63. The number of nitrogens with zero attached hydrogens (tertiary/aromatic N) is 2. The quantitative estimate of drug-likeness (QED) is 0.537. The van der Waals surface area contributed by atoms with E-state index in [4.69, 9.17) is 0 Å². The van der Waals surface area contributed by atoms with Gasteiger partial charge in [0.15, 0.2) is 0 Å². The van der Waals surface area contributed by atoms with E-state index in [9.17, 15) is 18.0 Å². The highest BCUT2D eigenvalue weighted by atomic mass is 19.4. The highest BCUT2D eigenvalue weighted by molar-refractivity contribution is 6.00. The van der Waals surface area contributed by atoms with Gasteiger partial charge < -0.3 is 16.1 Å². The molecule has 160 valence electrons. The largest absolute Gasteiger partial charge is 0.418 e. The van der Waals surface area contributed by atoms with Crippen LogP contribution in [0.5, 0.6) is 0 Å². The first kappa shape index (κ1) is 21.4. The van der Waals surface area contributed by atoms with Crippen LogP contribution in [0.25, 0.3) is 0 Å². The zero-order valence-electron chi connectivity index (χ0n) is 16.5. The van der Waals surface area contributed by atoms with Crippen molar-refractivity contribution in [1.82, 2.24) is 15.9 Å². The molecule has 30 heavy (non-hydrogen) atoms. The van der Waals surface area contributed by atoms with Crippen molar-refractivity contribution in [2.75, 3.05) is 15.6 Å². The van der Waals surface area contributed by atoms with Crippen molar-refractivity contribution >= 4 is 23.2 Å². The van der Waals surface area contributed by atoms with E-state index in [1.807, 2.05) is 6.20 Å². The van der Waals surface area contributed by atoms with E-state index in [0.717, 1.165) is 24.6 Å². The van der Waals surface area contributed by atoms with Crippen molar-refractivity contribution in [2.45, 2.75) is 32.9 Å². The van der Waals surface area contributed by atoms with E-state index in [1.54, 1.807) is 17.1 Å². The molecule has 2 amide bonds. The molecule has 1 aliphatic heterocycles. The molecule has 1 aromatic heterocycles. The second-order valence-electron chi connectivity index (χ2n) is 7.22. The van der Waals surface area contributed by atoms with Gasteiger partial charge in [-0.1, -0.05) is 26.0 Å². The first-order chi connectivity index (χ1) is 14.2. The summed E-state index contributed by atoms with van der Waals surface area (Å²) in [6.07, 6.45) is 0.716. The standard InChI is InChI=1S/C20H23F3N6O/c1-13(2)7-8-15-12-29(28-27-15)18-10-9-14(11-24-18)25-19(30)26-17-6-4-3-5-16(17)20(21,22)23/h3-6,9-13,27-28H,7-8H2,1-2H3,(H2,25,26,30). The van der Waals surface area contributed by atoms with Gasteiger partial charge in [-0.2, -0.15) is 13.2 Å². The van der Waals surface area contributed by atoms with Crippen LogP contribution in [-0.4, -0.2) is 11.0 Å². The molecule has 0 radical (unpaired) electrons. The van der Waals surface area contributed by atoms with Crippen LogP contribution in [-0.2, 0) is 6.18 Å². The number of carbonyl (C=O) groups excluding carboxylic acids is 1. The van der Waals surface area contributed by atoms with Crippen LogP contribution in [0.15, 0.2) is 54.5 Å². The summed E-state index contributed by atoms with van der Waals surface area (Å²) >= 11 is 0. The number of hydrogen-bond acceptors (Lipinski definition) is 5. The van der Waals surface area contributed by atoms with Gasteiger partial charge in [0.2, 0.25) is 0 Å². The highest BCUT2D eigenvalue weighted by Gasteiger charge is 2.33. The molecule has 0 spiro atoms. The molecule has 10 heteroatoms. The van der Waals surface area contributed by atoms with Crippen LogP contribution in [0.4, 0.5) is 35.2 Å². The van der Waals surface area contributed by atoms with Crippen molar-refractivity contribution < 1.29 is 18.0 Å². The van der Waals surface area contributed by atoms with Gasteiger partial charge in [0.25, 0.3) is 0 Å². The predicted octanol–water partition coefficient (Wildman–Crippen LogP) is 4.85. The summed E-state index contributed by atoms with van der Waals surface area (Å²) in [6, 6.07) is 7.28. The van der Waals surface area contributed by atoms with Crippen molar-refractivity contribution in [1.29, 1.82) is 0 Å². The number of alkyl halides is 3. The van der Waals surface area contributed by atoms with E-state index < -0.39 is 17.8 Å². The fourth-order valence-electron chi connectivity index (χ4n) is 2.77.